The van der Waals surface area contributed by atoms with Crippen LogP contribution in [0.15, 0.2) is 0 Å². The van der Waals surface area contributed by atoms with E-state index in [4.69, 9.17) is 0 Å². The molecule has 1 atom stereocenters. The molecule has 0 aliphatic carbocycles. The maximum absolute atomic E-state index is 11.3. The lowest BCUT2D eigenvalue weighted by Crippen LogP contribution is -2.39. The van der Waals surface area contributed by atoms with Crippen LogP contribution in [0.2, 0.25) is 0 Å². The second-order valence-corrected chi connectivity index (χ2v) is 4.90. The molecular weight excluding hydrogens is 202 g/mol. The SMILES string of the molecule is CC(CN1CCCC1)NCCC(=O)N(C)C. The van der Waals surface area contributed by atoms with Gasteiger partial charge < -0.3 is 15.1 Å². The Morgan fingerprint density at radius 1 is 1.38 bits per heavy atom. The molecule has 0 radical (unpaired) electrons. The van der Waals surface area contributed by atoms with Crippen LogP contribution >= 0.6 is 0 Å². The van der Waals surface area contributed by atoms with Gasteiger partial charge in [0.1, 0.15) is 0 Å². The molecule has 16 heavy (non-hydrogen) atoms. The molecule has 1 unspecified atom stereocenters. The van der Waals surface area contributed by atoms with E-state index in [1.807, 2.05) is 0 Å². The van der Waals surface area contributed by atoms with Crippen LogP contribution < -0.4 is 5.32 Å². The zero-order valence-electron chi connectivity index (χ0n) is 10.8. The molecule has 0 spiro atoms. The quantitative estimate of drug-likeness (QED) is 0.719. The molecular formula is C12H25N3O. The zero-order valence-corrected chi connectivity index (χ0v) is 10.8. The molecule has 0 bridgehead atoms. The molecule has 4 heteroatoms. The van der Waals surface area contributed by atoms with Gasteiger partial charge in [-0.15, -0.1) is 0 Å². The number of nitrogens with one attached hydrogen (secondary N) is 1. The third kappa shape index (κ3) is 4.94. The van der Waals surface area contributed by atoms with Gasteiger partial charge in [0.25, 0.3) is 0 Å². The van der Waals surface area contributed by atoms with E-state index in [-0.39, 0.29) is 5.91 Å². The van der Waals surface area contributed by atoms with Crippen molar-refractivity contribution in [2.45, 2.75) is 32.2 Å². The number of carbonyl (C=O) groups is 1. The van der Waals surface area contributed by atoms with Crippen molar-refractivity contribution < 1.29 is 4.79 Å². The van der Waals surface area contributed by atoms with E-state index in [1.165, 1.54) is 25.9 Å². The highest BCUT2D eigenvalue weighted by Gasteiger charge is 2.14. The van der Waals surface area contributed by atoms with Gasteiger partial charge in [-0.25, -0.2) is 0 Å². The molecule has 0 aromatic rings. The predicted octanol–water partition coefficient (Wildman–Crippen LogP) is 0.539. The van der Waals surface area contributed by atoms with Crippen molar-refractivity contribution in [1.82, 2.24) is 15.1 Å². The molecule has 1 N–H and O–H groups in total. The lowest BCUT2D eigenvalue weighted by Gasteiger charge is -2.21. The number of likely N-dealkylation sites (tertiary alicyclic amines) is 1. The Hall–Kier alpha value is -0.610. The Balaban J connectivity index is 2.05. The summed E-state index contributed by atoms with van der Waals surface area (Å²) in [5.41, 5.74) is 0. The molecule has 1 saturated heterocycles. The van der Waals surface area contributed by atoms with Crippen molar-refractivity contribution in [3.63, 3.8) is 0 Å². The smallest absolute Gasteiger partial charge is 0.223 e. The summed E-state index contributed by atoms with van der Waals surface area (Å²) >= 11 is 0. The lowest BCUT2D eigenvalue weighted by atomic mass is 10.3. The number of rotatable bonds is 6. The number of carbonyl (C=O) groups excluding carboxylic acids is 1. The van der Waals surface area contributed by atoms with E-state index in [0.717, 1.165) is 13.1 Å². The van der Waals surface area contributed by atoms with Gasteiger partial charge in [-0.05, 0) is 32.9 Å². The minimum Gasteiger partial charge on any atom is -0.349 e. The van der Waals surface area contributed by atoms with E-state index in [9.17, 15) is 4.79 Å². The van der Waals surface area contributed by atoms with Crippen molar-refractivity contribution >= 4 is 5.91 Å². The number of nitrogens with zero attached hydrogens (tertiary/aromatic N) is 2. The average molecular weight is 227 g/mol. The normalized spacial score (nSPS) is 18.7. The third-order valence-corrected chi connectivity index (χ3v) is 3.06. The molecule has 1 amide bonds. The Kier molecular flexibility index (Phi) is 5.77. The maximum Gasteiger partial charge on any atom is 0.223 e. The summed E-state index contributed by atoms with van der Waals surface area (Å²) in [6, 6.07) is 0.480. The second-order valence-electron chi connectivity index (χ2n) is 4.90. The van der Waals surface area contributed by atoms with Gasteiger partial charge in [0.2, 0.25) is 5.91 Å². The Bertz CT molecular complexity index is 212. The fraction of sp³-hybridized carbons (Fsp3) is 0.917. The molecule has 4 nitrogen and oxygen atoms in total. The van der Waals surface area contributed by atoms with Gasteiger partial charge in [0.15, 0.2) is 0 Å². The largest absolute Gasteiger partial charge is 0.349 e. The van der Waals surface area contributed by atoms with Crippen LogP contribution in [-0.4, -0.2) is 62.0 Å². The third-order valence-electron chi connectivity index (χ3n) is 3.06. The van der Waals surface area contributed by atoms with Gasteiger partial charge in [-0.1, -0.05) is 0 Å². The topological polar surface area (TPSA) is 35.6 Å². The van der Waals surface area contributed by atoms with E-state index in [2.05, 4.69) is 17.1 Å². The first-order valence-electron chi connectivity index (χ1n) is 6.25. The summed E-state index contributed by atoms with van der Waals surface area (Å²) < 4.78 is 0. The highest BCUT2D eigenvalue weighted by molar-refractivity contribution is 5.75. The minimum atomic E-state index is 0.195. The van der Waals surface area contributed by atoms with Crippen molar-refractivity contribution in [3.8, 4) is 0 Å². The standard InChI is InChI=1S/C12H25N3O/c1-11(10-15-8-4-5-9-15)13-7-6-12(16)14(2)3/h11,13H,4-10H2,1-3H3. The molecule has 1 rings (SSSR count). The first-order valence-corrected chi connectivity index (χ1v) is 6.25. The average Bonchev–Trinajstić information content (AvgIpc) is 2.70. The van der Waals surface area contributed by atoms with Crippen LogP contribution in [0.3, 0.4) is 0 Å². The van der Waals surface area contributed by atoms with E-state index in [0.29, 0.717) is 12.5 Å². The summed E-state index contributed by atoms with van der Waals surface area (Å²) in [5, 5.41) is 3.41. The van der Waals surface area contributed by atoms with Crippen molar-refractivity contribution in [2.24, 2.45) is 0 Å². The van der Waals surface area contributed by atoms with Gasteiger partial charge in [-0.3, -0.25) is 4.79 Å². The first-order chi connectivity index (χ1) is 7.59. The van der Waals surface area contributed by atoms with Crippen LogP contribution in [0.1, 0.15) is 26.2 Å². The molecule has 1 fully saturated rings. The summed E-state index contributed by atoms with van der Waals surface area (Å²) in [6.07, 6.45) is 3.27. The fourth-order valence-electron chi connectivity index (χ4n) is 2.07. The number of hydrogen-bond acceptors (Lipinski definition) is 3. The summed E-state index contributed by atoms with van der Waals surface area (Å²) in [5.74, 6) is 0.195. The highest BCUT2D eigenvalue weighted by Crippen LogP contribution is 2.07. The molecule has 1 aliphatic heterocycles. The van der Waals surface area contributed by atoms with Gasteiger partial charge in [-0.2, -0.15) is 0 Å². The first kappa shape index (κ1) is 13.5. The maximum atomic E-state index is 11.3. The Morgan fingerprint density at radius 3 is 2.56 bits per heavy atom. The zero-order chi connectivity index (χ0) is 12.0. The van der Waals surface area contributed by atoms with Gasteiger partial charge >= 0.3 is 0 Å². The second kappa shape index (κ2) is 6.86. The summed E-state index contributed by atoms with van der Waals surface area (Å²) in [4.78, 5) is 15.5. The van der Waals surface area contributed by atoms with E-state index < -0.39 is 0 Å². The van der Waals surface area contributed by atoms with Crippen molar-refractivity contribution in [1.29, 1.82) is 0 Å². The molecule has 94 valence electrons. The van der Waals surface area contributed by atoms with Crippen LogP contribution in [0, 0.1) is 0 Å². The lowest BCUT2D eigenvalue weighted by molar-refractivity contribution is -0.128. The van der Waals surface area contributed by atoms with Crippen LogP contribution in [0.25, 0.3) is 0 Å². The van der Waals surface area contributed by atoms with Crippen LogP contribution in [-0.2, 0) is 4.79 Å². The van der Waals surface area contributed by atoms with Crippen molar-refractivity contribution in [2.75, 3.05) is 40.3 Å². The molecule has 0 saturated carbocycles. The minimum absolute atomic E-state index is 0.195. The fourth-order valence-corrected chi connectivity index (χ4v) is 2.07. The molecule has 1 heterocycles. The summed E-state index contributed by atoms with van der Waals surface area (Å²) in [6.45, 7) is 6.56. The van der Waals surface area contributed by atoms with Crippen LogP contribution in [0.5, 0.6) is 0 Å². The summed E-state index contributed by atoms with van der Waals surface area (Å²) in [7, 11) is 3.60. The highest BCUT2D eigenvalue weighted by atomic mass is 16.2. The number of amides is 1. The number of hydrogen-bond donors (Lipinski definition) is 1. The molecule has 0 aromatic heterocycles. The molecule has 0 aromatic carbocycles. The van der Waals surface area contributed by atoms with E-state index in [1.54, 1.807) is 19.0 Å². The Labute approximate surface area is 99.0 Å². The predicted molar refractivity (Wildman–Crippen MR) is 66.4 cm³/mol. The molecule has 1 aliphatic rings. The van der Waals surface area contributed by atoms with E-state index >= 15 is 0 Å². The van der Waals surface area contributed by atoms with Crippen LogP contribution in [0.4, 0.5) is 0 Å². The monoisotopic (exact) mass is 227 g/mol. The van der Waals surface area contributed by atoms with Gasteiger partial charge in [0.05, 0.1) is 0 Å². The Morgan fingerprint density at radius 2 is 2.00 bits per heavy atom. The van der Waals surface area contributed by atoms with Gasteiger partial charge in [0, 0.05) is 39.6 Å². The van der Waals surface area contributed by atoms with Crippen molar-refractivity contribution in [3.05, 3.63) is 0 Å².